The average molecular weight is 289 g/mol. The summed E-state index contributed by atoms with van der Waals surface area (Å²) in [6.07, 6.45) is 2.31. The molecule has 0 aliphatic carbocycles. The molecule has 1 heterocycles. The van der Waals surface area contributed by atoms with Crippen molar-refractivity contribution in [2.45, 2.75) is 32.4 Å². The van der Waals surface area contributed by atoms with Crippen molar-refractivity contribution in [3.8, 4) is 0 Å². The summed E-state index contributed by atoms with van der Waals surface area (Å²) >= 11 is 0. The van der Waals surface area contributed by atoms with Gasteiger partial charge in [-0.05, 0) is 19.0 Å². The van der Waals surface area contributed by atoms with E-state index in [4.69, 9.17) is 0 Å². The van der Waals surface area contributed by atoms with Gasteiger partial charge in [-0.25, -0.2) is 0 Å². The van der Waals surface area contributed by atoms with Crippen LogP contribution in [0.2, 0.25) is 0 Å². The van der Waals surface area contributed by atoms with Crippen LogP contribution >= 0.6 is 0 Å². The average Bonchev–Trinajstić information content (AvgIpc) is 2.50. The Morgan fingerprint density at radius 1 is 1.29 bits per heavy atom. The van der Waals surface area contributed by atoms with E-state index in [0.717, 1.165) is 39.0 Å². The Kier molecular flexibility index (Phi) is 6.21. The summed E-state index contributed by atoms with van der Waals surface area (Å²) in [5.41, 5.74) is 1.36. The van der Waals surface area contributed by atoms with Crippen LogP contribution < -0.4 is 5.32 Å². The Labute approximate surface area is 128 Å². The highest BCUT2D eigenvalue weighted by Gasteiger charge is 2.28. The molecule has 1 aliphatic heterocycles. The molecule has 0 saturated carbocycles. The van der Waals surface area contributed by atoms with Gasteiger partial charge in [-0.3, -0.25) is 9.69 Å². The summed E-state index contributed by atoms with van der Waals surface area (Å²) in [5, 5.41) is 2.96. The Morgan fingerprint density at radius 3 is 2.71 bits per heavy atom. The Balaban J connectivity index is 1.97. The van der Waals surface area contributed by atoms with Crippen LogP contribution in [0.1, 0.15) is 25.3 Å². The van der Waals surface area contributed by atoms with Crippen molar-refractivity contribution in [2.24, 2.45) is 0 Å². The topological polar surface area (TPSA) is 35.6 Å². The minimum Gasteiger partial charge on any atom is -0.339 e. The largest absolute Gasteiger partial charge is 0.339 e. The number of carbonyl (C=O) groups excluding carboxylic acids is 1. The summed E-state index contributed by atoms with van der Waals surface area (Å²) in [6.45, 7) is 6.32. The highest BCUT2D eigenvalue weighted by Crippen LogP contribution is 2.17. The lowest BCUT2D eigenvalue weighted by atomic mass is 10.0. The number of carbonyl (C=O) groups is 1. The Morgan fingerprint density at radius 2 is 2.05 bits per heavy atom. The van der Waals surface area contributed by atoms with Gasteiger partial charge in [0.15, 0.2) is 0 Å². The monoisotopic (exact) mass is 289 g/mol. The van der Waals surface area contributed by atoms with Gasteiger partial charge in [0, 0.05) is 32.2 Å². The summed E-state index contributed by atoms with van der Waals surface area (Å²) in [4.78, 5) is 16.6. The normalized spacial score (nSPS) is 19.7. The quantitative estimate of drug-likeness (QED) is 0.866. The van der Waals surface area contributed by atoms with Gasteiger partial charge in [-0.15, -0.1) is 0 Å². The third-order valence-corrected chi connectivity index (χ3v) is 4.14. The van der Waals surface area contributed by atoms with Gasteiger partial charge in [0.05, 0.1) is 6.54 Å². The van der Waals surface area contributed by atoms with Crippen LogP contribution in [-0.4, -0.2) is 55.0 Å². The molecule has 0 spiro atoms. The maximum absolute atomic E-state index is 12.1. The number of nitrogens with zero attached hydrogens (tertiary/aromatic N) is 2. The molecule has 4 heteroatoms. The number of piperazine rings is 1. The second-order valence-electron chi connectivity index (χ2n) is 5.77. The first-order valence-corrected chi connectivity index (χ1v) is 7.95. The second kappa shape index (κ2) is 8.15. The van der Waals surface area contributed by atoms with Crippen molar-refractivity contribution in [3.05, 3.63) is 35.9 Å². The molecule has 1 aromatic rings. The van der Waals surface area contributed by atoms with Crippen molar-refractivity contribution >= 4 is 5.91 Å². The first-order chi connectivity index (χ1) is 10.2. The van der Waals surface area contributed by atoms with Crippen LogP contribution in [0, 0.1) is 0 Å². The Hall–Kier alpha value is -1.39. The van der Waals surface area contributed by atoms with Gasteiger partial charge in [-0.1, -0.05) is 43.7 Å². The van der Waals surface area contributed by atoms with E-state index in [1.165, 1.54) is 5.56 Å². The second-order valence-corrected chi connectivity index (χ2v) is 5.77. The lowest BCUT2D eigenvalue weighted by Gasteiger charge is -2.41. The molecule has 1 atom stereocenters. The number of hydrogen-bond acceptors (Lipinski definition) is 3. The summed E-state index contributed by atoms with van der Waals surface area (Å²) in [6, 6.07) is 11.1. The Bertz CT molecular complexity index is 435. The maximum atomic E-state index is 12.1. The highest BCUT2D eigenvalue weighted by atomic mass is 16.2. The third kappa shape index (κ3) is 4.55. The van der Waals surface area contributed by atoms with E-state index in [-0.39, 0.29) is 5.91 Å². The molecule has 0 bridgehead atoms. The molecule has 1 fully saturated rings. The highest BCUT2D eigenvalue weighted by molar-refractivity contribution is 5.78. The third-order valence-electron chi connectivity index (χ3n) is 4.14. The van der Waals surface area contributed by atoms with E-state index in [2.05, 4.69) is 47.5 Å². The predicted octanol–water partition coefficient (Wildman–Crippen LogP) is 1.72. The number of amides is 1. The molecule has 21 heavy (non-hydrogen) atoms. The summed E-state index contributed by atoms with van der Waals surface area (Å²) < 4.78 is 0. The molecular formula is C17H27N3O. The van der Waals surface area contributed by atoms with Crippen LogP contribution in [0.3, 0.4) is 0 Å². The van der Waals surface area contributed by atoms with Gasteiger partial charge in [-0.2, -0.15) is 0 Å². The summed E-state index contributed by atoms with van der Waals surface area (Å²) in [5.74, 6) is 0.220. The molecule has 1 aliphatic rings. The zero-order valence-electron chi connectivity index (χ0n) is 13.2. The van der Waals surface area contributed by atoms with Crippen LogP contribution in [0.4, 0.5) is 0 Å². The molecule has 1 amide bonds. The predicted molar refractivity (Wildman–Crippen MR) is 86.1 cm³/mol. The molecule has 1 aromatic carbocycles. The van der Waals surface area contributed by atoms with Crippen molar-refractivity contribution in [3.63, 3.8) is 0 Å². The number of benzene rings is 1. The molecule has 116 valence electrons. The number of nitrogens with one attached hydrogen (secondary N) is 1. The van der Waals surface area contributed by atoms with Gasteiger partial charge in [0.1, 0.15) is 0 Å². The standard InChI is InChI=1S/C17H27N3O/c1-3-7-16-14-20(17(21)12-18-2)11-10-19(16)13-15-8-5-4-6-9-15/h4-6,8-9,16,18H,3,7,10-14H2,1-2H3. The van der Waals surface area contributed by atoms with E-state index in [1.54, 1.807) is 0 Å². The minimum atomic E-state index is 0.220. The fourth-order valence-electron chi connectivity index (χ4n) is 3.02. The zero-order chi connectivity index (χ0) is 15.1. The van der Waals surface area contributed by atoms with Gasteiger partial charge >= 0.3 is 0 Å². The smallest absolute Gasteiger partial charge is 0.236 e. The van der Waals surface area contributed by atoms with Crippen molar-refractivity contribution in [1.29, 1.82) is 0 Å². The molecule has 0 radical (unpaired) electrons. The minimum absolute atomic E-state index is 0.220. The van der Waals surface area contributed by atoms with Crippen LogP contribution in [0.15, 0.2) is 30.3 Å². The van der Waals surface area contributed by atoms with Crippen LogP contribution in [-0.2, 0) is 11.3 Å². The van der Waals surface area contributed by atoms with E-state index in [1.807, 2.05) is 11.9 Å². The fourth-order valence-corrected chi connectivity index (χ4v) is 3.02. The summed E-state index contributed by atoms with van der Waals surface area (Å²) in [7, 11) is 1.83. The molecule has 0 aromatic heterocycles. The van der Waals surface area contributed by atoms with E-state index >= 15 is 0 Å². The maximum Gasteiger partial charge on any atom is 0.236 e. The lowest BCUT2D eigenvalue weighted by Crippen LogP contribution is -2.55. The van der Waals surface area contributed by atoms with E-state index in [0.29, 0.717) is 12.6 Å². The SMILES string of the molecule is CCCC1CN(C(=O)CNC)CCN1Cc1ccccc1. The van der Waals surface area contributed by atoms with Crippen LogP contribution in [0.5, 0.6) is 0 Å². The molecule has 4 nitrogen and oxygen atoms in total. The lowest BCUT2D eigenvalue weighted by molar-refractivity contribution is -0.133. The van der Waals surface area contributed by atoms with Crippen LogP contribution in [0.25, 0.3) is 0 Å². The van der Waals surface area contributed by atoms with Gasteiger partial charge in [0.25, 0.3) is 0 Å². The van der Waals surface area contributed by atoms with Crippen molar-refractivity contribution in [2.75, 3.05) is 33.2 Å². The first kappa shape index (κ1) is 16.0. The van der Waals surface area contributed by atoms with Crippen molar-refractivity contribution < 1.29 is 4.79 Å². The number of rotatable bonds is 6. The van der Waals surface area contributed by atoms with Gasteiger partial charge in [0.2, 0.25) is 5.91 Å². The molecule has 1 saturated heterocycles. The first-order valence-electron chi connectivity index (χ1n) is 7.95. The number of hydrogen-bond donors (Lipinski definition) is 1. The molecule has 2 rings (SSSR count). The van der Waals surface area contributed by atoms with E-state index < -0.39 is 0 Å². The van der Waals surface area contributed by atoms with E-state index in [9.17, 15) is 4.79 Å². The molecular weight excluding hydrogens is 262 g/mol. The number of likely N-dealkylation sites (N-methyl/N-ethyl adjacent to an activating group) is 1. The van der Waals surface area contributed by atoms with Gasteiger partial charge < -0.3 is 10.2 Å². The molecule has 1 unspecified atom stereocenters. The fraction of sp³-hybridized carbons (Fsp3) is 0.588. The zero-order valence-corrected chi connectivity index (χ0v) is 13.2. The van der Waals surface area contributed by atoms with Crippen molar-refractivity contribution in [1.82, 2.24) is 15.1 Å². The molecule has 1 N–H and O–H groups in total.